The Morgan fingerprint density at radius 1 is 1.07 bits per heavy atom. The molecular formula is C24H26N4O. The fourth-order valence-corrected chi connectivity index (χ4v) is 2.31. The van der Waals surface area contributed by atoms with Crippen molar-refractivity contribution < 1.29 is 4.79 Å². The number of pyridine rings is 1. The average molecular weight is 386 g/mol. The summed E-state index contributed by atoms with van der Waals surface area (Å²) in [6.07, 6.45) is 5.36. The summed E-state index contributed by atoms with van der Waals surface area (Å²) in [6, 6.07) is 22.0. The largest absolute Gasteiger partial charge is 0.356 e. The number of carbonyl (C=O) groups is 1. The number of amides is 1. The van der Waals surface area contributed by atoms with Gasteiger partial charge in [0.15, 0.2) is 0 Å². The van der Waals surface area contributed by atoms with E-state index in [4.69, 9.17) is 0 Å². The molecule has 0 aliphatic heterocycles. The van der Waals surface area contributed by atoms with Gasteiger partial charge in [-0.15, -0.1) is 0 Å². The summed E-state index contributed by atoms with van der Waals surface area (Å²) in [5.74, 6) is -0.0923. The van der Waals surface area contributed by atoms with E-state index in [-0.39, 0.29) is 5.91 Å². The van der Waals surface area contributed by atoms with Gasteiger partial charge in [0.2, 0.25) is 5.91 Å². The third kappa shape index (κ3) is 8.22. The number of para-hydroxylation sites is 1. The normalized spacial score (nSPS) is 10.0. The molecule has 0 aliphatic carbocycles. The van der Waals surface area contributed by atoms with Crippen LogP contribution in [0.25, 0.3) is 5.70 Å². The minimum absolute atomic E-state index is 0.0923. The maximum absolute atomic E-state index is 10.8. The molecule has 29 heavy (non-hydrogen) atoms. The summed E-state index contributed by atoms with van der Waals surface area (Å²) in [4.78, 5) is 14.6. The molecule has 5 heteroatoms. The lowest BCUT2D eigenvalue weighted by atomic mass is 10.1. The zero-order chi connectivity index (χ0) is 20.9. The zero-order valence-corrected chi connectivity index (χ0v) is 16.8. The lowest BCUT2D eigenvalue weighted by Crippen LogP contribution is -2.15. The Morgan fingerprint density at radius 2 is 1.79 bits per heavy atom. The molecule has 2 N–H and O–H groups in total. The van der Waals surface area contributed by atoms with E-state index in [0.29, 0.717) is 6.42 Å². The number of aromatic nitrogens is 1. The number of rotatable bonds is 6. The highest BCUT2D eigenvalue weighted by molar-refractivity contribution is 5.82. The van der Waals surface area contributed by atoms with Gasteiger partial charge in [0.25, 0.3) is 0 Å². The average Bonchev–Trinajstić information content (AvgIpc) is 2.75. The van der Waals surface area contributed by atoms with Crippen LogP contribution >= 0.6 is 0 Å². The van der Waals surface area contributed by atoms with Crippen LogP contribution in [0, 0.1) is 6.92 Å². The van der Waals surface area contributed by atoms with Gasteiger partial charge < -0.3 is 5.32 Å². The lowest BCUT2D eigenvalue weighted by molar-refractivity contribution is -0.120. The van der Waals surface area contributed by atoms with Crippen LogP contribution in [0.5, 0.6) is 0 Å². The van der Waals surface area contributed by atoms with Gasteiger partial charge in [0, 0.05) is 30.2 Å². The van der Waals surface area contributed by atoms with Crippen molar-refractivity contribution in [3.8, 4) is 0 Å². The molecule has 1 heterocycles. The molecule has 0 saturated carbocycles. The van der Waals surface area contributed by atoms with E-state index < -0.39 is 0 Å². The predicted molar refractivity (Wildman–Crippen MR) is 121 cm³/mol. The number of carbonyl (C=O) groups excluding carboxylic acids is 1. The maximum atomic E-state index is 10.8. The van der Waals surface area contributed by atoms with Gasteiger partial charge in [-0.25, -0.2) is 5.43 Å². The van der Waals surface area contributed by atoms with E-state index in [9.17, 15) is 4.79 Å². The number of aryl methyl sites for hydroxylation is 1. The highest BCUT2D eigenvalue weighted by atomic mass is 16.2. The van der Waals surface area contributed by atoms with Crippen LogP contribution in [-0.2, 0) is 4.79 Å². The van der Waals surface area contributed by atoms with Gasteiger partial charge in [0.05, 0.1) is 6.21 Å². The van der Waals surface area contributed by atoms with Crippen LogP contribution < -0.4 is 10.7 Å². The Bertz CT molecular complexity index is 937. The molecule has 5 nitrogen and oxygen atoms in total. The van der Waals surface area contributed by atoms with Crippen molar-refractivity contribution >= 4 is 23.5 Å². The van der Waals surface area contributed by atoms with Gasteiger partial charge in [-0.2, -0.15) is 5.10 Å². The van der Waals surface area contributed by atoms with Crippen molar-refractivity contribution in [2.45, 2.75) is 20.3 Å². The molecule has 1 aromatic heterocycles. The summed E-state index contributed by atoms with van der Waals surface area (Å²) in [5, 5.41) is 7.05. The first-order valence-electron chi connectivity index (χ1n) is 9.38. The summed E-state index contributed by atoms with van der Waals surface area (Å²) >= 11 is 0. The summed E-state index contributed by atoms with van der Waals surface area (Å²) < 4.78 is 0. The van der Waals surface area contributed by atoms with Crippen LogP contribution in [0.2, 0.25) is 0 Å². The Hall–Kier alpha value is -3.73. The van der Waals surface area contributed by atoms with Crippen molar-refractivity contribution in [1.29, 1.82) is 0 Å². The molecule has 0 radical (unpaired) electrons. The number of anilines is 1. The predicted octanol–water partition coefficient (Wildman–Crippen LogP) is 5.02. The van der Waals surface area contributed by atoms with Crippen LogP contribution in [-0.4, -0.2) is 17.1 Å². The Kier molecular flexibility index (Phi) is 8.83. The molecule has 148 valence electrons. The Morgan fingerprint density at radius 3 is 2.45 bits per heavy atom. The van der Waals surface area contributed by atoms with E-state index >= 15 is 0 Å². The second-order valence-electron chi connectivity index (χ2n) is 6.27. The number of hydrogen-bond donors (Lipinski definition) is 2. The standard InChI is InChI=1S/C15H15N.C9H11N3O/c1-12-7-6-8-14(11-12)13(2)16-15-9-4-3-5-10-15;1-2-9(13)12-11-7-8-3-5-10-6-4-8/h3-11,16H,2H2,1H3;3-7H,2H2,1H3,(H,12,13)/b;11-7+. The summed E-state index contributed by atoms with van der Waals surface area (Å²) in [5.41, 5.74) is 7.66. The molecule has 2 aromatic carbocycles. The second-order valence-corrected chi connectivity index (χ2v) is 6.27. The first-order chi connectivity index (χ1) is 14.1. The molecule has 0 aliphatic rings. The molecule has 0 saturated heterocycles. The molecule has 0 unspecified atom stereocenters. The molecule has 1 amide bonds. The number of benzene rings is 2. The van der Waals surface area contributed by atoms with E-state index in [1.165, 1.54) is 5.56 Å². The van der Waals surface area contributed by atoms with E-state index in [0.717, 1.165) is 22.5 Å². The van der Waals surface area contributed by atoms with Gasteiger partial charge in [-0.3, -0.25) is 9.78 Å². The number of nitrogens with zero attached hydrogens (tertiary/aromatic N) is 2. The summed E-state index contributed by atoms with van der Waals surface area (Å²) in [7, 11) is 0. The van der Waals surface area contributed by atoms with Crippen molar-refractivity contribution in [2.24, 2.45) is 5.10 Å². The Balaban J connectivity index is 0.000000212. The van der Waals surface area contributed by atoms with Crippen LogP contribution in [0.4, 0.5) is 5.69 Å². The quantitative estimate of drug-likeness (QED) is 0.462. The molecule has 0 fully saturated rings. The minimum atomic E-state index is -0.0923. The van der Waals surface area contributed by atoms with Crippen molar-refractivity contribution in [1.82, 2.24) is 10.4 Å². The molecular weight excluding hydrogens is 360 g/mol. The first-order valence-corrected chi connectivity index (χ1v) is 9.38. The number of hydrogen-bond acceptors (Lipinski definition) is 4. The fourth-order valence-electron chi connectivity index (χ4n) is 2.31. The third-order valence-electron chi connectivity index (χ3n) is 3.87. The summed E-state index contributed by atoms with van der Waals surface area (Å²) in [6.45, 7) is 7.91. The topological polar surface area (TPSA) is 66.4 Å². The smallest absolute Gasteiger partial charge is 0.239 e. The van der Waals surface area contributed by atoms with Crippen molar-refractivity contribution in [3.63, 3.8) is 0 Å². The van der Waals surface area contributed by atoms with Crippen molar-refractivity contribution in [3.05, 3.63) is 102 Å². The maximum Gasteiger partial charge on any atom is 0.239 e. The monoisotopic (exact) mass is 386 g/mol. The zero-order valence-electron chi connectivity index (χ0n) is 16.8. The number of hydrazone groups is 1. The van der Waals surface area contributed by atoms with Crippen LogP contribution in [0.15, 0.2) is 90.8 Å². The van der Waals surface area contributed by atoms with E-state index in [2.05, 4.69) is 52.5 Å². The molecule has 0 atom stereocenters. The van der Waals surface area contributed by atoms with Gasteiger partial charge in [-0.05, 0) is 48.4 Å². The van der Waals surface area contributed by atoms with Crippen LogP contribution in [0.3, 0.4) is 0 Å². The highest BCUT2D eigenvalue weighted by Crippen LogP contribution is 2.17. The van der Waals surface area contributed by atoms with Crippen LogP contribution in [0.1, 0.15) is 30.0 Å². The minimum Gasteiger partial charge on any atom is -0.356 e. The highest BCUT2D eigenvalue weighted by Gasteiger charge is 1.98. The lowest BCUT2D eigenvalue weighted by Gasteiger charge is -2.10. The van der Waals surface area contributed by atoms with Crippen molar-refractivity contribution in [2.75, 3.05) is 5.32 Å². The molecule has 0 bridgehead atoms. The Labute approximate surface area is 172 Å². The SMILES string of the molecule is C=C(Nc1ccccc1)c1cccc(C)c1.CCC(=O)N/N=C/c1ccncc1. The van der Waals surface area contributed by atoms with E-state index in [1.54, 1.807) is 25.5 Å². The first kappa shape index (κ1) is 21.6. The van der Waals surface area contributed by atoms with Gasteiger partial charge in [0.1, 0.15) is 0 Å². The fraction of sp³-hybridized carbons (Fsp3) is 0.125. The van der Waals surface area contributed by atoms with E-state index in [1.807, 2.05) is 48.5 Å². The second kappa shape index (κ2) is 11.9. The molecule has 3 rings (SSSR count). The molecule has 0 spiro atoms. The molecule has 3 aromatic rings. The third-order valence-corrected chi connectivity index (χ3v) is 3.87. The number of nitrogens with one attached hydrogen (secondary N) is 2. The van der Waals surface area contributed by atoms with Gasteiger partial charge in [-0.1, -0.05) is 55.5 Å². The van der Waals surface area contributed by atoms with Gasteiger partial charge >= 0.3 is 0 Å².